The third kappa shape index (κ3) is 4.98. The summed E-state index contributed by atoms with van der Waals surface area (Å²) in [4.78, 5) is 21.7. The monoisotopic (exact) mass is 525 g/mol. The number of benzene rings is 2. The standard InChI is InChI=1S/C31H39N7O/c1-4-23-13-14-27-24(19-23)20-26(31(39)32-27)29(30-33-34-35-38(30)25-10-6-5-7-11-25)37-17-15-36(16-18-37)28-12-8-9-21(2)22(28)3/h8-9,12-14,19-20,25,29H,4-7,10-11,15-18H2,1-3H3,(H,32,39)/t29-/m0/s1. The van der Waals surface area contributed by atoms with Crippen LogP contribution in [0.4, 0.5) is 5.69 Å². The van der Waals surface area contributed by atoms with Gasteiger partial charge in [0, 0.05) is 42.9 Å². The Bertz CT molecular complexity index is 1510. The molecule has 0 bridgehead atoms. The lowest BCUT2D eigenvalue weighted by molar-refractivity contribution is 0.192. The van der Waals surface area contributed by atoms with Crippen LogP contribution in [0, 0.1) is 13.8 Å². The van der Waals surface area contributed by atoms with Gasteiger partial charge in [0.05, 0.1) is 6.04 Å². The van der Waals surface area contributed by atoms with Crippen molar-refractivity contribution in [2.24, 2.45) is 0 Å². The quantitative estimate of drug-likeness (QED) is 0.377. The lowest BCUT2D eigenvalue weighted by Crippen LogP contribution is -2.49. The normalized spacial score (nSPS) is 18.1. The summed E-state index contributed by atoms with van der Waals surface area (Å²) >= 11 is 0. The molecule has 1 aliphatic carbocycles. The number of aromatic nitrogens is 5. The summed E-state index contributed by atoms with van der Waals surface area (Å²) in [5, 5.41) is 14.3. The van der Waals surface area contributed by atoms with Gasteiger partial charge in [-0.1, -0.05) is 44.4 Å². The van der Waals surface area contributed by atoms with E-state index >= 15 is 0 Å². The minimum atomic E-state index is -0.305. The summed E-state index contributed by atoms with van der Waals surface area (Å²) in [6.45, 7) is 9.95. The summed E-state index contributed by atoms with van der Waals surface area (Å²) in [7, 11) is 0. The van der Waals surface area contributed by atoms with Crippen LogP contribution in [0.3, 0.4) is 0 Å². The molecule has 1 atom stereocenters. The number of hydrogen-bond donors (Lipinski definition) is 1. The molecule has 2 aromatic heterocycles. The second kappa shape index (κ2) is 10.9. The van der Waals surface area contributed by atoms with Crippen molar-refractivity contribution in [1.29, 1.82) is 0 Å². The van der Waals surface area contributed by atoms with Gasteiger partial charge in [0.25, 0.3) is 5.56 Å². The molecule has 8 nitrogen and oxygen atoms in total. The van der Waals surface area contributed by atoms with E-state index in [0.29, 0.717) is 0 Å². The third-order valence-electron chi connectivity index (χ3n) is 8.92. The fraction of sp³-hybridized carbons (Fsp3) is 0.484. The molecule has 3 heterocycles. The topological polar surface area (TPSA) is 82.9 Å². The predicted molar refractivity (Wildman–Crippen MR) is 155 cm³/mol. The third-order valence-corrected chi connectivity index (χ3v) is 8.92. The molecule has 2 aromatic carbocycles. The molecule has 6 rings (SSSR count). The van der Waals surface area contributed by atoms with Gasteiger partial charge in [0.2, 0.25) is 0 Å². The Morgan fingerprint density at radius 3 is 2.56 bits per heavy atom. The summed E-state index contributed by atoms with van der Waals surface area (Å²) < 4.78 is 2.03. The first kappa shape index (κ1) is 25.7. The number of aryl methyl sites for hydroxylation is 2. The first-order valence-electron chi connectivity index (χ1n) is 14.5. The Labute approximate surface area is 230 Å². The number of H-pyrrole nitrogens is 1. The van der Waals surface area contributed by atoms with Gasteiger partial charge in [-0.15, -0.1) is 5.10 Å². The van der Waals surface area contributed by atoms with Crippen molar-refractivity contribution in [2.75, 3.05) is 31.1 Å². The minimum Gasteiger partial charge on any atom is -0.369 e. The highest BCUT2D eigenvalue weighted by Crippen LogP contribution is 2.34. The summed E-state index contributed by atoms with van der Waals surface area (Å²) in [5.74, 6) is 0.790. The van der Waals surface area contributed by atoms with E-state index in [1.54, 1.807) is 0 Å². The molecule has 0 unspecified atom stereocenters. The average Bonchev–Trinajstić information content (AvgIpc) is 3.45. The van der Waals surface area contributed by atoms with E-state index in [-0.39, 0.29) is 17.6 Å². The summed E-state index contributed by atoms with van der Waals surface area (Å²) in [6.07, 6.45) is 6.77. The summed E-state index contributed by atoms with van der Waals surface area (Å²) in [5.41, 5.74) is 6.73. The number of piperazine rings is 1. The van der Waals surface area contributed by atoms with Crippen molar-refractivity contribution >= 4 is 16.6 Å². The zero-order chi connectivity index (χ0) is 26.9. The molecule has 0 spiro atoms. The average molecular weight is 526 g/mol. The van der Waals surface area contributed by atoms with Crippen LogP contribution in [-0.4, -0.2) is 56.3 Å². The number of nitrogens with one attached hydrogen (secondary N) is 1. The largest absolute Gasteiger partial charge is 0.369 e. The van der Waals surface area contributed by atoms with Crippen molar-refractivity contribution in [1.82, 2.24) is 30.1 Å². The van der Waals surface area contributed by atoms with Crippen LogP contribution in [-0.2, 0) is 6.42 Å². The fourth-order valence-corrected chi connectivity index (χ4v) is 6.46. The van der Waals surface area contributed by atoms with Gasteiger partial charge < -0.3 is 9.88 Å². The Morgan fingerprint density at radius 2 is 1.79 bits per heavy atom. The van der Waals surface area contributed by atoms with Crippen molar-refractivity contribution < 1.29 is 0 Å². The molecule has 1 saturated carbocycles. The predicted octanol–water partition coefficient (Wildman–Crippen LogP) is 5.11. The molecule has 1 saturated heterocycles. The highest BCUT2D eigenvalue weighted by molar-refractivity contribution is 5.80. The van der Waals surface area contributed by atoms with E-state index < -0.39 is 0 Å². The van der Waals surface area contributed by atoms with Crippen LogP contribution in [0.2, 0.25) is 0 Å². The molecule has 8 heteroatoms. The maximum absolute atomic E-state index is 13.7. The maximum atomic E-state index is 13.7. The number of hydrogen-bond acceptors (Lipinski definition) is 6. The van der Waals surface area contributed by atoms with Crippen LogP contribution in [0.5, 0.6) is 0 Å². The van der Waals surface area contributed by atoms with Crippen LogP contribution < -0.4 is 10.5 Å². The van der Waals surface area contributed by atoms with E-state index in [2.05, 4.69) is 87.5 Å². The van der Waals surface area contributed by atoms with E-state index in [4.69, 9.17) is 0 Å². The lowest BCUT2D eigenvalue weighted by Gasteiger charge is -2.40. The number of tetrazole rings is 1. The Hall–Kier alpha value is -3.52. The molecule has 39 heavy (non-hydrogen) atoms. The molecule has 2 fully saturated rings. The van der Waals surface area contributed by atoms with Gasteiger partial charge in [-0.25, -0.2) is 4.68 Å². The van der Waals surface area contributed by atoms with Gasteiger partial charge in [-0.05, 0) is 89.9 Å². The zero-order valence-corrected chi connectivity index (χ0v) is 23.4. The SMILES string of the molecule is CCc1ccc2[nH]c(=O)c([C@@H](c3nnnn3C3CCCCC3)N3CCN(c4cccc(C)c4C)CC3)cc2c1. The van der Waals surface area contributed by atoms with Gasteiger partial charge in [-0.2, -0.15) is 0 Å². The van der Waals surface area contributed by atoms with Crippen molar-refractivity contribution in [2.45, 2.75) is 71.4 Å². The number of aromatic amines is 1. The zero-order valence-electron chi connectivity index (χ0n) is 23.4. The van der Waals surface area contributed by atoms with Crippen LogP contribution in [0.1, 0.15) is 79.2 Å². The van der Waals surface area contributed by atoms with Gasteiger partial charge >= 0.3 is 0 Å². The first-order valence-corrected chi connectivity index (χ1v) is 14.5. The van der Waals surface area contributed by atoms with Crippen LogP contribution in [0.15, 0.2) is 47.3 Å². The van der Waals surface area contributed by atoms with E-state index in [9.17, 15) is 4.79 Å². The maximum Gasteiger partial charge on any atom is 0.253 e. The Balaban J connectivity index is 1.39. The van der Waals surface area contributed by atoms with E-state index in [1.807, 2.05) is 10.7 Å². The molecule has 0 radical (unpaired) electrons. The van der Waals surface area contributed by atoms with Crippen LogP contribution in [0.25, 0.3) is 10.9 Å². The summed E-state index contributed by atoms with van der Waals surface area (Å²) in [6, 6.07) is 14.9. The number of nitrogens with zero attached hydrogens (tertiary/aromatic N) is 6. The Morgan fingerprint density at radius 1 is 1.00 bits per heavy atom. The highest BCUT2D eigenvalue weighted by Gasteiger charge is 2.34. The molecular formula is C31H39N7O. The Kier molecular flexibility index (Phi) is 7.21. The molecule has 2 aliphatic rings. The van der Waals surface area contributed by atoms with E-state index in [1.165, 1.54) is 41.6 Å². The minimum absolute atomic E-state index is 0.0631. The number of pyridine rings is 1. The van der Waals surface area contributed by atoms with E-state index in [0.717, 1.165) is 67.7 Å². The molecular weight excluding hydrogens is 486 g/mol. The second-order valence-electron chi connectivity index (χ2n) is 11.2. The molecule has 1 N–H and O–H groups in total. The van der Waals surface area contributed by atoms with Gasteiger partial charge in [0.15, 0.2) is 5.82 Å². The van der Waals surface area contributed by atoms with Gasteiger partial charge in [0.1, 0.15) is 6.04 Å². The van der Waals surface area contributed by atoms with Crippen molar-refractivity contribution in [3.05, 3.63) is 80.9 Å². The molecule has 0 amide bonds. The first-order chi connectivity index (χ1) is 19.0. The van der Waals surface area contributed by atoms with Crippen molar-refractivity contribution in [3.8, 4) is 0 Å². The number of anilines is 1. The molecule has 1 aliphatic heterocycles. The van der Waals surface area contributed by atoms with Gasteiger partial charge in [-0.3, -0.25) is 9.69 Å². The van der Waals surface area contributed by atoms with Crippen LogP contribution >= 0.6 is 0 Å². The smallest absolute Gasteiger partial charge is 0.253 e. The highest BCUT2D eigenvalue weighted by atomic mass is 16.1. The van der Waals surface area contributed by atoms with Crippen molar-refractivity contribution in [3.63, 3.8) is 0 Å². The number of rotatable bonds is 6. The number of fused-ring (bicyclic) bond motifs is 1. The second-order valence-corrected chi connectivity index (χ2v) is 11.2. The fourth-order valence-electron chi connectivity index (χ4n) is 6.46. The molecule has 4 aromatic rings. The molecule has 204 valence electrons. The lowest BCUT2D eigenvalue weighted by atomic mass is 9.95.